The molecule has 0 radical (unpaired) electrons. The molecule has 2 rings (SSSR count). The van der Waals surface area contributed by atoms with Gasteiger partial charge < -0.3 is 10.0 Å². The third-order valence-electron chi connectivity index (χ3n) is 4.23. The zero-order valence-electron chi connectivity index (χ0n) is 13.1. The summed E-state index contributed by atoms with van der Waals surface area (Å²) in [5, 5.41) is 19.5. The third kappa shape index (κ3) is 5.02. The second-order valence-corrected chi connectivity index (χ2v) is 6.84. The molecule has 24 heavy (non-hydrogen) atoms. The van der Waals surface area contributed by atoms with Crippen molar-refractivity contribution in [2.24, 2.45) is 5.92 Å². The average Bonchev–Trinajstić information content (AvgIpc) is 2.54. The van der Waals surface area contributed by atoms with Crippen LogP contribution in [-0.4, -0.2) is 39.9 Å². The van der Waals surface area contributed by atoms with Crippen LogP contribution in [0.1, 0.15) is 31.2 Å². The molecular formula is C16H19BrN2O5. The number of hydrogen-bond acceptors (Lipinski definition) is 4. The van der Waals surface area contributed by atoms with Gasteiger partial charge in [0.05, 0.1) is 11.3 Å². The quantitative estimate of drug-likeness (QED) is 0.586. The SMILES string of the molecule is O=C(O)CCC1CCCN(C(=O)Cc2ccc([N+](=O)[O-])cc2Br)C1. The summed E-state index contributed by atoms with van der Waals surface area (Å²) in [7, 11) is 0. The standard InChI is InChI=1S/C16H19BrN2O5/c17-14-9-13(19(23)24)5-4-12(14)8-15(20)18-7-1-2-11(10-18)3-6-16(21)22/h4-5,9,11H,1-3,6-8,10H2,(H,21,22). The van der Waals surface area contributed by atoms with Crippen LogP contribution in [0.15, 0.2) is 22.7 Å². The Morgan fingerprint density at radius 1 is 1.42 bits per heavy atom. The lowest BCUT2D eigenvalue weighted by Gasteiger charge is -2.32. The number of rotatable bonds is 6. The highest BCUT2D eigenvalue weighted by Crippen LogP contribution is 2.25. The first-order valence-corrected chi connectivity index (χ1v) is 8.58. The van der Waals surface area contributed by atoms with E-state index in [0.29, 0.717) is 29.5 Å². The van der Waals surface area contributed by atoms with E-state index in [1.54, 1.807) is 11.0 Å². The van der Waals surface area contributed by atoms with Gasteiger partial charge >= 0.3 is 5.97 Å². The molecule has 8 heteroatoms. The summed E-state index contributed by atoms with van der Waals surface area (Å²) in [4.78, 5) is 35.2. The number of nitro groups is 1. The van der Waals surface area contributed by atoms with Crippen LogP contribution in [0.25, 0.3) is 0 Å². The van der Waals surface area contributed by atoms with Gasteiger partial charge in [0.2, 0.25) is 5.91 Å². The van der Waals surface area contributed by atoms with Gasteiger partial charge in [-0.25, -0.2) is 0 Å². The number of halogens is 1. The Labute approximate surface area is 147 Å². The van der Waals surface area contributed by atoms with Crippen LogP contribution in [0, 0.1) is 16.0 Å². The summed E-state index contributed by atoms with van der Waals surface area (Å²) in [6.45, 7) is 1.25. The molecule has 1 amide bonds. The van der Waals surface area contributed by atoms with Gasteiger partial charge in [0.1, 0.15) is 0 Å². The van der Waals surface area contributed by atoms with Gasteiger partial charge in [-0.2, -0.15) is 0 Å². The van der Waals surface area contributed by atoms with Crippen molar-refractivity contribution in [2.45, 2.75) is 32.1 Å². The first kappa shape index (κ1) is 18.4. The van der Waals surface area contributed by atoms with E-state index < -0.39 is 10.9 Å². The van der Waals surface area contributed by atoms with Crippen LogP contribution in [0.2, 0.25) is 0 Å². The molecule has 0 saturated carbocycles. The molecule has 1 aromatic rings. The minimum absolute atomic E-state index is 0.0234. The molecule has 1 aliphatic heterocycles. The number of non-ortho nitro benzene ring substituents is 1. The number of piperidine rings is 1. The fraction of sp³-hybridized carbons (Fsp3) is 0.500. The lowest BCUT2D eigenvalue weighted by molar-refractivity contribution is -0.384. The topological polar surface area (TPSA) is 101 Å². The summed E-state index contributed by atoms with van der Waals surface area (Å²) in [5.74, 6) is -0.628. The summed E-state index contributed by atoms with van der Waals surface area (Å²) < 4.78 is 0.546. The maximum absolute atomic E-state index is 12.5. The average molecular weight is 399 g/mol. The fourth-order valence-electron chi connectivity index (χ4n) is 2.92. The zero-order valence-corrected chi connectivity index (χ0v) is 14.7. The summed E-state index contributed by atoms with van der Waals surface area (Å²) in [5.41, 5.74) is 0.683. The normalized spacial score (nSPS) is 17.5. The van der Waals surface area contributed by atoms with E-state index in [2.05, 4.69) is 15.9 Å². The maximum atomic E-state index is 12.5. The van der Waals surface area contributed by atoms with Crippen molar-refractivity contribution >= 4 is 33.5 Å². The van der Waals surface area contributed by atoms with Crippen molar-refractivity contribution in [3.63, 3.8) is 0 Å². The van der Waals surface area contributed by atoms with E-state index in [1.165, 1.54) is 12.1 Å². The second kappa shape index (κ2) is 8.23. The lowest BCUT2D eigenvalue weighted by Crippen LogP contribution is -2.40. The number of nitro benzene ring substituents is 1. The van der Waals surface area contributed by atoms with Crippen molar-refractivity contribution < 1.29 is 19.6 Å². The molecule has 1 saturated heterocycles. The number of benzene rings is 1. The van der Waals surface area contributed by atoms with E-state index in [4.69, 9.17) is 5.11 Å². The minimum Gasteiger partial charge on any atom is -0.481 e. The van der Waals surface area contributed by atoms with E-state index in [1.807, 2.05) is 0 Å². The summed E-state index contributed by atoms with van der Waals surface area (Å²) in [6, 6.07) is 4.37. The molecule has 1 aromatic carbocycles. The Balaban J connectivity index is 1.96. The Morgan fingerprint density at radius 3 is 2.79 bits per heavy atom. The Bertz CT molecular complexity index is 649. The fourth-order valence-corrected chi connectivity index (χ4v) is 3.43. The molecule has 0 aliphatic carbocycles. The molecule has 0 spiro atoms. The van der Waals surface area contributed by atoms with Gasteiger partial charge in [-0.3, -0.25) is 19.7 Å². The van der Waals surface area contributed by atoms with E-state index >= 15 is 0 Å². The molecule has 1 atom stereocenters. The minimum atomic E-state index is -0.812. The highest BCUT2D eigenvalue weighted by atomic mass is 79.9. The highest BCUT2D eigenvalue weighted by Gasteiger charge is 2.24. The maximum Gasteiger partial charge on any atom is 0.303 e. The van der Waals surface area contributed by atoms with Crippen LogP contribution in [-0.2, 0) is 16.0 Å². The van der Waals surface area contributed by atoms with Crippen molar-refractivity contribution in [3.8, 4) is 0 Å². The van der Waals surface area contributed by atoms with Gasteiger partial charge in [-0.05, 0) is 30.7 Å². The van der Waals surface area contributed by atoms with Crippen LogP contribution >= 0.6 is 15.9 Å². The largest absolute Gasteiger partial charge is 0.481 e. The van der Waals surface area contributed by atoms with Crippen molar-refractivity contribution in [3.05, 3.63) is 38.3 Å². The molecule has 0 aromatic heterocycles. The first-order valence-electron chi connectivity index (χ1n) is 7.79. The van der Waals surface area contributed by atoms with Gasteiger partial charge in [-0.15, -0.1) is 0 Å². The molecule has 1 N–H and O–H groups in total. The van der Waals surface area contributed by atoms with Crippen molar-refractivity contribution in [1.82, 2.24) is 4.90 Å². The molecule has 1 aliphatic rings. The number of aliphatic carboxylic acids is 1. The number of hydrogen-bond donors (Lipinski definition) is 1. The third-order valence-corrected chi connectivity index (χ3v) is 4.97. The van der Waals surface area contributed by atoms with Crippen LogP contribution in [0.3, 0.4) is 0 Å². The molecule has 7 nitrogen and oxygen atoms in total. The first-order chi connectivity index (χ1) is 11.4. The van der Waals surface area contributed by atoms with E-state index in [9.17, 15) is 19.7 Å². The predicted molar refractivity (Wildman–Crippen MR) is 90.7 cm³/mol. The van der Waals surface area contributed by atoms with Crippen LogP contribution < -0.4 is 0 Å². The van der Waals surface area contributed by atoms with Crippen molar-refractivity contribution in [1.29, 1.82) is 0 Å². The molecule has 0 bridgehead atoms. The van der Waals surface area contributed by atoms with Gasteiger partial charge in [0, 0.05) is 36.1 Å². The number of carboxylic acids is 1. The number of carboxylic acid groups (broad SMARTS) is 1. The summed E-state index contributed by atoms with van der Waals surface area (Å²) in [6.07, 6.45) is 2.70. The van der Waals surface area contributed by atoms with Gasteiger partial charge in [0.25, 0.3) is 5.69 Å². The monoisotopic (exact) mass is 398 g/mol. The molecular weight excluding hydrogens is 380 g/mol. The lowest BCUT2D eigenvalue weighted by atomic mass is 9.93. The Kier molecular flexibility index (Phi) is 6.30. The van der Waals surface area contributed by atoms with Gasteiger partial charge in [0.15, 0.2) is 0 Å². The smallest absolute Gasteiger partial charge is 0.303 e. The highest BCUT2D eigenvalue weighted by molar-refractivity contribution is 9.10. The molecule has 1 heterocycles. The summed E-state index contributed by atoms with van der Waals surface area (Å²) >= 11 is 3.28. The number of carbonyl (C=O) groups excluding carboxylic acids is 1. The Morgan fingerprint density at radius 2 is 2.17 bits per heavy atom. The van der Waals surface area contributed by atoms with Crippen molar-refractivity contribution in [2.75, 3.05) is 13.1 Å². The van der Waals surface area contributed by atoms with E-state index in [-0.39, 0.29) is 30.4 Å². The van der Waals surface area contributed by atoms with Crippen LogP contribution in [0.4, 0.5) is 5.69 Å². The number of amides is 1. The Hall–Kier alpha value is -1.96. The predicted octanol–water partition coefficient (Wildman–Crippen LogP) is 3.00. The molecule has 130 valence electrons. The zero-order chi connectivity index (χ0) is 17.7. The number of likely N-dealkylation sites (tertiary alicyclic amines) is 1. The van der Waals surface area contributed by atoms with Gasteiger partial charge in [-0.1, -0.05) is 22.0 Å². The second-order valence-electron chi connectivity index (χ2n) is 5.99. The number of nitrogens with zero attached hydrogens (tertiary/aromatic N) is 2. The van der Waals surface area contributed by atoms with E-state index in [0.717, 1.165) is 12.8 Å². The molecule has 1 unspecified atom stereocenters. The number of carbonyl (C=O) groups is 2. The van der Waals surface area contributed by atoms with Crippen LogP contribution in [0.5, 0.6) is 0 Å². The molecule has 1 fully saturated rings.